The summed E-state index contributed by atoms with van der Waals surface area (Å²) >= 11 is 0. The van der Waals surface area contributed by atoms with Gasteiger partial charge in [0.05, 0.1) is 18.4 Å². The molecule has 0 bridgehead atoms. The van der Waals surface area contributed by atoms with Gasteiger partial charge in [-0.2, -0.15) is 0 Å². The summed E-state index contributed by atoms with van der Waals surface area (Å²) in [4.78, 5) is 50.8. The van der Waals surface area contributed by atoms with Gasteiger partial charge in [-0.25, -0.2) is 4.79 Å². The number of aryl methyl sites for hydroxylation is 1. The summed E-state index contributed by atoms with van der Waals surface area (Å²) in [6.07, 6.45) is -1.09. The Kier molecular flexibility index (Phi) is 6.99. The molecule has 0 saturated heterocycles. The van der Waals surface area contributed by atoms with Crippen molar-refractivity contribution < 1.29 is 33.4 Å². The highest BCUT2D eigenvalue weighted by Gasteiger charge is 2.26. The summed E-state index contributed by atoms with van der Waals surface area (Å²) in [7, 11) is 1.37. The third kappa shape index (κ3) is 4.86. The number of rotatable bonds is 9. The third-order valence-corrected chi connectivity index (χ3v) is 4.46. The number of ketones is 2. The van der Waals surface area contributed by atoms with Crippen LogP contribution < -0.4 is 15.2 Å². The molecule has 1 amide bonds. The molecule has 0 radical (unpaired) electrons. The highest BCUT2D eigenvalue weighted by molar-refractivity contribution is 6.05. The number of aromatic nitrogens is 1. The molecule has 2 aromatic rings. The molecule has 0 fully saturated rings. The maximum absolute atomic E-state index is 12.7. The lowest BCUT2D eigenvalue weighted by molar-refractivity contribution is -0.119. The van der Waals surface area contributed by atoms with Crippen molar-refractivity contribution in [3.8, 4) is 11.5 Å². The van der Waals surface area contributed by atoms with Crippen LogP contribution in [0.1, 0.15) is 56.3 Å². The second-order valence-corrected chi connectivity index (χ2v) is 6.71. The summed E-state index contributed by atoms with van der Waals surface area (Å²) in [5, 5.41) is 0. The molecule has 9 nitrogen and oxygen atoms in total. The van der Waals surface area contributed by atoms with E-state index in [2.05, 4.69) is 4.98 Å². The number of methoxy groups -OCH3 is 1. The Balaban J connectivity index is 2.17. The Bertz CT molecular complexity index is 1010. The van der Waals surface area contributed by atoms with Crippen LogP contribution in [0.2, 0.25) is 0 Å². The van der Waals surface area contributed by atoms with E-state index in [0.717, 1.165) is 0 Å². The molecular formula is C21H24N2O7. The molecule has 0 saturated carbocycles. The number of nitrogens with two attached hydrogens (primary N) is 1. The summed E-state index contributed by atoms with van der Waals surface area (Å²) in [5.74, 6) is -1.59. The molecule has 1 heterocycles. The lowest BCUT2D eigenvalue weighted by atomic mass is 10.0. The average Bonchev–Trinajstić information content (AvgIpc) is 2.99. The first-order valence-electron chi connectivity index (χ1n) is 9.11. The zero-order valence-corrected chi connectivity index (χ0v) is 17.5. The predicted octanol–water partition coefficient (Wildman–Crippen LogP) is 2.14. The molecule has 160 valence electrons. The Morgan fingerprint density at radius 3 is 2.33 bits per heavy atom. The molecule has 0 spiro atoms. The summed E-state index contributed by atoms with van der Waals surface area (Å²) in [5.41, 5.74) is 6.95. The maximum atomic E-state index is 12.7. The monoisotopic (exact) mass is 416 g/mol. The normalized spacial score (nSPS) is 11.5. The van der Waals surface area contributed by atoms with Crippen LogP contribution in [0.5, 0.6) is 11.5 Å². The largest absolute Gasteiger partial charge is 0.493 e. The van der Waals surface area contributed by atoms with Crippen LogP contribution in [0.25, 0.3) is 0 Å². The molecule has 0 aliphatic heterocycles. The van der Waals surface area contributed by atoms with Crippen molar-refractivity contribution in [3.05, 3.63) is 46.3 Å². The molecule has 30 heavy (non-hydrogen) atoms. The van der Waals surface area contributed by atoms with Crippen LogP contribution in [0.4, 0.5) is 0 Å². The van der Waals surface area contributed by atoms with Gasteiger partial charge >= 0.3 is 5.97 Å². The number of amides is 1. The van der Waals surface area contributed by atoms with Gasteiger partial charge in [0.15, 0.2) is 30.0 Å². The molecule has 1 atom stereocenters. The fraction of sp³-hybridized carbons (Fsp3) is 0.333. The van der Waals surface area contributed by atoms with E-state index in [1.165, 1.54) is 39.2 Å². The van der Waals surface area contributed by atoms with Crippen molar-refractivity contribution >= 4 is 23.4 Å². The fourth-order valence-corrected chi connectivity index (χ4v) is 3.07. The number of H-pyrrole nitrogens is 1. The standard InChI is InChI=1S/C21H24N2O7/c1-10-18(12(3)24)11(2)23-19(10)20(26)13(4)30-21(27)14-6-7-15(16(8-14)28-5)29-9-17(22)25/h6-8,13,23H,9H2,1-5H3,(H2,22,25)/t13-/m1/s1. The molecular weight excluding hydrogens is 392 g/mol. The van der Waals surface area contributed by atoms with Gasteiger partial charge in [-0.1, -0.05) is 0 Å². The van der Waals surface area contributed by atoms with Crippen LogP contribution in [0.3, 0.4) is 0 Å². The Morgan fingerprint density at radius 2 is 1.80 bits per heavy atom. The van der Waals surface area contributed by atoms with Gasteiger partial charge in [-0.05, 0) is 51.5 Å². The molecule has 1 aromatic heterocycles. The Labute approximate surface area is 173 Å². The number of aromatic amines is 1. The summed E-state index contributed by atoms with van der Waals surface area (Å²) < 4.78 is 15.7. The zero-order chi connectivity index (χ0) is 22.6. The van der Waals surface area contributed by atoms with Crippen LogP contribution in [0, 0.1) is 13.8 Å². The van der Waals surface area contributed by atoms with Gasteiger partial charge in [-0.15, -0.1) is 0 Å². The number of benzene rings is 1. The van der Waals surface area contributed by atoms with Crippen molar-refractivity contribution in [2.45, 2.75) is 33.8 Å². The highest BCUT2D eigenvalue weighted by atomic mass is 16.5. The minimum Gasteiger partial charge on any atom is -0.493 e. The lowest BCUT2D eigenvalue weighted by Crippen LogP contribution is -2.25. The van der Waals surface area contributed by atoms with Gasteiger partial charge in [-0.3, -0.25) is 14.4 Å². The predicted molar refractivity (Wildman–Crippen MR) is 107 cm³/mol. The Morgan fingerprint density at radius 1 is 1.13 bits per heavy atom. The zero-order valence-electron chi connectivity index (χ0n) is 17.5. The minimum atomic E-state index is -1.09. The quantitative estimate of drug-likeness (QED) is 0.472. The number of ether oxygens (including phenoxy) is 3. The number of hydrogen-bond acceptors (Lipinski definition) is 7. The third-order valence-electron chi connectivity index (χ3n) is 4.46. The van der Waals surface area contributed by atoms with E-state index in [-0.39, 0.29) is 35.1 Å². The van der Waals surface area contributed by atoms with Crippen LogP contribution in [0.15, 0.2) is 18.2 Å². The number of hydrogen-bond donors (Lipinski definition) is 2. The molecule has 0 aliphatic carbocycles. The van der Waals surface area contributed by atoms with Crippen molar-refractivity contribution in [1.82, 2.24) is 4.98 Å². The summed E-state index contributed by atoms with van der Waals surface area (Å²) in [6.45, 7) is 5.89. The van der Waals surface area contributed by atoms with E-state index in [1.54, 1.807) is 13.8 Å². The SMILES string of the molecule is COc1cc(C(=O)O[C@H](C)C(=O)c2[nH]c(C)c(C(C)=O)c2C)ccc1OCC(N)=O. The van der Waals surface area contributed by atoms with Crippen LogP contribution in [-0.2, 0) is 9.53 Å². The lowest BCUT2D eigenvalue weighted by Gasteiger charge is -2.14. The smallest absolute Gasteiger partial charge is 0.338 e. The highest BCUT2D eigenvalue weighted by Crippen LogP contribution is 2.28. The van der Waals surface area contributed by atoms with E-state index in [9.17, 15) is 19.2 Å². The number of esters is 1. The molecule has 3 N–H and O–H groups in total. The molecule has 0 aliphatic rings. The van der Waals surface area contributed by atoms with Crippen molar-refractivity contribution in [2.24, 2.45) is 5.73 Å². The van der Waals surface area contributed by atoms with Gasteiger partial charge in [0.2, 0.25) is 5.78 Å². The van der Waals surface area contributed by atoms with E-state index < -0.39 is 23.8 Å². The van der Waals surface area contributed by atoms with E-state index in [0.29, 0.717) is 16.8 Å². The molecule has 0 unspecified atom stereocenters. The van der Waals surface area contributed by atoms with Crippen molar-refractivity contribution in [2.75, 3.05) is 13.7 Å². The molecule has 1 aromatic carbocycles. The van der Waals surface area contributed by atoms with E-state index >= 15 is 0 Å². The van der Waals surface area contributed by atoms with Gasteiger partial charge in [0.25, 0.3) is 5.91 Å². The first-order valence-corrected chi connectivity index (χ1v) is 9.11. The number of Topliss-reactive ketones (excluding diaryl/α,β-unsaturated/α-hetero) is 2. The van der Waals surface area contributed by atoms with Gasteiger partial charge in [0.1, 0.15) is 0 Å². The second-order valence-electron chi connectivity index (χ2n) is 6.71. The van der Waals surface area contributed by atoms with E-state index in [1.807, 2.05) is 0 Å². The minimum absolute atomic E-state index is 0.127. The molecule has 2 rings (SSSR count). The number of carbonyl (C=O) groups is 4. The van der Waals surface area contributed by atoms with Crippen molar-refractivity contribution in [3.63, 3.8) is 0 Å². The summed E-state index contributed by atoms with van der Waals surface area (Å²) in [6, 6.07) is 4.21. The maximum Gasteiger partial charge on any atom is 0.338 e. The van der Waals surface area contributed by atoms with Crippen LogP contribution in [-0.4, -0.2) is 48.2 Å². The molecule has 9 heteroatoms. The van der Waals surface area contributed by atoms with Gasteiger partial charge in [0, 0.05) is 11.3 Å². The topological polar surface area (TPSA) is 138 Å². The van der Waals surface area contributed by atoms with E-state index in [4.69, 9.17) is 19.9 Å². The average molecular weight is 416 g/mol. The Hall–Kier alpha value is -3.62. The second kappa shape index (κ2) is 9.25. The van der Waals surface area contributed by atoms with Crippen LogP contribution >= 0.6 is 0 Å². The van der Waals surface area contributed by atoms with Gasteiger partial charge < -0.3 is 24.9 Å². The number of carbonyl (C=O) groups excluding carboxylic acids is 4. The first-order chi connectivity index (χ1) is 14.1. The fourth-order valence-electron chi connectivity index (χ4n) is 3.07. The first kappa shape index (κ1) is 22.7. The number of nitrogens with one attached hydrogen (secondary N) is 1. The number of primary amides is 1. The van der Waals surface area contributed by atoms with Crippen molar-refractivity contribution in [1.29, 1.82) is 0 Å².